The molecule has 0 aliphatic heterocycles. The summed E-state index contributed by atoms with van der Waals surface area (Å²) in [6, 6.07) is 8.45. The molecule has 0 bridgehead atoms. The molecule has 0 amide bonds. The number of nitrogens with zero attached hydrogens (tertiary/aromatic N) is 2. The lowest BCUT2D eigenvalue weighted by atomic mass is 10.1. The van der Waals surface area contributed by atoms with E-state index in [1.54, 1.807) is 18.9 Å². The Hall–Kier alpha value is -1.46. The number of ether oxygens (including phenoxy) is 1. The lowest BCUT2D eigenvalue weighted by molar-refractivity contribution is 0.403. The Morgan fingerprint density at radius 3 is 2.85 bits per heavy atom. The minimum atomic E-state index is 0.265. The van der Waals surface area contributed by atoms with Crippen LogP contribution in [0, 0.1) is 0 Å². The quantitative estimate of drug-likeness (QED) is 0.796. The highest BCUT2D eigenvalue weighted by Crippen LogP contribution is 2.29. The van der Waals surface area contributed by atoms with Crippen LogP contribution in [0.5, 0.6) is 5.75 Å². The zero-order valence-electron chi connectivity index (χ0n) is 12.2. The largest absolute Gasteiger partial charge is 0.496 e. The third-order valence-corrected chi connectivity index (χ3v) is 4.11. The molecule has 5 heteroatoms. The van der Waals surface area contributed by atoms with E-state index in [0.717, 1.165) is 18.0 Å². The van der Waals surface area contributed by atoms with Crippen LogP contribution < -0.4 is 10.1 Å². The van der Waals surface area contributed by atoms with Crippen molar-refractivity contribution in [2.24, 2.45) is 7.05 Å². The first-order chi connectivity index (χ1) is 9.74. The SMILES string of the molecule is CCNC(CSc1cnn(C)c1)c1ccccc1OC. The van der Waals surface area contributed by atoms with Crippen LogP contribution in [0.25, 0.3) is 0 Å². The van der Waals surface area contributed by atoms with E-state index in [2.05, 4.69) is 29.5 Å². The zero-order valence-corrected chi connectivity index (χ0v) is 13.0. The second kappa shape index (κ2) is 7.36. The van der Waals surface area contributed by atoms with Gasteiger partial charge in [-0.15, -0.1) is 11.8 Å². The first kappa shape index (κ1) is 14.9. The molecule has 0 aliphatic carbocycles. The second-order valence-corrected chi connectivity index (χ2v) is 5.61. The molecule has 0 spiro atoms. The number of hydrogen-bond donors (Lipinski definition) is 1. The van der Waals surface area contributed by atoms with E-state index in [0.29, 0.717) is 0 Å². The minimum absolute atomic E-state index is 0.265. The smallest absolute Gasteiger partial charge is 0.123 e. The molecule has 4 nitrogen and oxygen atoms in total. The van der Waals surface area contributed by atoms with Gasteiger partial charge >= 0.3 is 0 Å². The van der Waals surface area contributed by atoms with Crippen molar-refractivity contribution in [3.63, 3.8) is 0 Å². The minimum Gasteiger partial charge on any atom is -0.496 e. The molecule has 0 saturated carbocycles. The van der Waals surface area contributed by atoms with Crippen molar-refractivity contribution >= 4 is 11.8 Å². The predicted octanol–water partition coefficient (Wildman–Crippen LogP) is 2.87. The van der Waals surface area contributed by atoms with Crippen LogP contribution in [0.15, 0.2) is 41.6 Å². The number of aryl methyl sites for hydroxylation is 1. The highest BCUT2D eigenvalue weighted by atomic mass is 32.2. The summed E-state index contributed by atoms with van der Waals surface area (Å²) in [5, 5.41) is 7.72. The molecule has 0 aliphatic rings. The summed E-state index contributed by atoms with van der Waals surface area (Å²) in [5.74, 6) is 1.88. The molecule has 0 radical (unpaired) electrons. The Balaban J connectivity index is 2.10. The van der Waals surface area contributed by atoms with Gasteiger partial charge in [0.05, 0.1) is 13.3 Å². The molecule has 2 rings (SSSR count). The molecule has 1 atom stereocenters. The van der Waals surface area contributed by atoms with E-state index < -0.39 is 0 Å². The van der Waals surface area contributed by atoms with E-state index >= 15 is 0 Å². The Labute approximate surface area is 124 Å². The highest BCUT2D eigenvalue weighted by molar-refractivity contribution is 7.99. The maximum atomic E-state index is 5.46. The summed E-state index contributed by atoms with van der Waals surface area (Å²) in [5.41, 5.74) is 1.20. The van der Waals surface area contributed by atoms with Gasteiger partial charge in [0.2, 0.25) is 0 Å². The van der Waals surface area contributed by atoms with Gasteiger partial charge in [-0.3, -0.25) is 4.68 Å². The van der Waals surface area contributed by atoms with Crippen molar-refractivity contribution in [1.29, 1.82) is 0 Å². The zero-order chi connectivity index (χ0) is 14.4. The number of para-hydroxylation sites is 1. The topological polar surface area (TPSA) is 39.1 Å². The van der Waals surface area contributed by atoms with Gasteiger partial charge in [-0.25, -0.2) is 0 Å². The van der Waals surface area contributed by atoms with E-state index in [1.807, 2.05) is 36.3 Å². The van der Waals surface area contributed by atoms with Gasteiger partial charge in [-0.05, 0) is 12.6 Å². The normalized spacial score (nSPS) is 12.3. The van der Waals surface area contributed by atoms with Crippen LogP contribution in [0.1, 0.15) is 18.5 Å². The van der Waals surface area contributed by atoms with Gasteiger partial charge in [0.25, 0.3) is 0 Å². The van der Waals surface area contributed by atoms with E-state index in [9.17, 15) is 0 Å². The Morgan fingerprint density at radius 2 is 2.20 bits per heavy atom. The van der Waals surface area contributed by atoms with Crippen molar-refractivity contribution in [2.75, 3.05) is 19.4 Å². The van der Waals surface area contributed by atoms with E-state index in [4.69, 9.17) is 4.74 Å². The van der Waals surface area contributed by atoms with Gasteiger partial charge < -0.3 is 10.1 Å². The standard InChI is InChI=1S/C15H21N3OS/c1-4-16-14(11-20-12-9-17-18(2)10-12)13-7-5-6-8-15(13)19-3/h5-10,14,16H,4,11H2,1-3H3. The molecule has 0 saturated heterocycles. The lowest BCUT2D eigenvalue weighted by Crippen LogP contribution is -2.23. The highest BCUT2D eigenvalue weighted by Gasteiger charge is 2.15. The maximum Gasteiger partial charge on any atom is 0.123 e. The molecule has 1 aromatic carbocycles. The molecule has 1 heterocycles. The first-order valence-corrected chi connectivity index (χ1v) is 7.71. The summed E-state index contributed by atoms with van der Waals surface area (Å²) >= 11 is 1.80. The summed E-state index contributed by atoms with van der Waals surface area (Å²) in [6.45, 7) is 3.05. The summed E-state index contributed by atoms with van der Waals surface area (Å²) in [6.07, 6.45) is 3.94. The van der Waals surface area contributed by atoms with Crippen LogP contribution in [-0.2, 0) is 7.05 Å². The fourth-order valence-corrected chi connectivity index (χ4v) is 3.12. The third-order valence-electron chi connectivity index (χ3n) is 3.06. The van der Waals surface area contributed by atoms with E-state index in [-0.39, 0.29) is 6.04 Å². The number of rotatable bonds is 7. The molecule has 1 N–H and O–H groups in total. The first-order valence-electron chi connectivity index (χ1n) is 6.72. The Morgan fingerprint density at radius 1 is 1.40 bits per heavy atom. The van der Waals surface area contributed by atoms with Crippen LogP contribution in [-0.4, -0.2) is 29.2 Å². The van der Waals surface area contributed by atoms with E-state index in [1.165, 1.54) is 10.5 Å². The molecule has 2 aromatic rings. The average molecular weight is 291 g/mol. The van der Waals surface area contributed by atoms with Gasteiger partial charge in [0.1, 0.15) is 5.75 Å². The predicted molar refractivity (Wildman–Crippen MR) is 83.3 cm³/mol. The number of methoxy groups -OCH3 is 1. The number of thioether (sulfide) groups is 1. The maximum absolute atomic E-state index is 5.46. The van der Waals surface area contributed by atoms with Crippen LogP contribution in [0.2, 0.25) is 0 Å². The molecule has 1 aromatic heterocycles. The number of aromatic nitrogens is 2. The number of hydrogen-bond acceptors (Lipinski definition) is 4. The van der Waals surface area contributed by atoms with Crippen molar-refractivity contribution in [1.82, 2.24) is 15.1 Å². The Bertz CT molecular complexity index is 541. The van der Waals surface area contributed by atoms with Crippen molar-refractivity contribution < 1.29 is 4.74 Å². The van der Waals surface area contributed by atoms with Gasteiger partial charge in [0.15, 0.2) is 0 Å². The summed E-state index contributed by atoms with van der Waals surface area (Å²) < 4.78 is 7.29. The molecular weight excluding hydrogens is 270 g/mol. The molecule has 1 unspecified atom stereocenters. The Kier molecular flexibility index (Phi) is 5.49. The lowest BCUT2D eigenvalue weighted by Gasteiger charge is -2.20. The number of nitrogens with one attached hydrogen (secondary N) is 1. The fraction of sp³-hybridized carbons (Fsp3) is 0.400. The van der Waals surface area contributed by atoms with Crippen LogP contribution in [0.3, 0.4) is 0 Å². The third kappa shape index (κ3) is 3.77. The second-order valence-electron chi connectivity index (χ2n) is 4.51. The van der Waals surface area contributed by atoms with Gasteiger partial charge in [-0.2, -0.15) is 5.10 Å². The summed E-state index contributed by atoms with van der Waals surface area (Å²) in [7, 11) is 3.65. The monoisotopic (exact) mass is 291 g/mol. The molecule has 20 heavy (non-hydrogen) atoms. The van der Waals surface area contributed by atoms with Crippen molar-refractivity contribution in [3.8, 4) is 5.75 Å². The summed E-state index contributed by atoms with van der Waals surface area (Å²) in [4.78, 5) is 1.19. The fourth-order valence-electron chi connectivity index (χ4n) is 2.11. The van der Waals surface area contributed by atoms with Crippen molar-refractivity contribution in [2.45, 2.75) is 17.9 Å². The van der Waals surface area contributed by atoms with Gasteiger partial charge in [-0.1, -0.05) is 25.1 Å². The van der Waals surface area contributed by atoms with Crippen LogP contribution >= 0.6 is 11.8 Å². The average Bonchev–Trinajstić information content (AvgIpc) is 2.89. The molecule has 108 valence electrons. The number of benzene rings is 1. The molecular formula is C15H21N3OS. The van der Waals surface area contributed by atoms with Gasteiger partial charge in [0, 0.05) is 35.5 Å². The van der Waals surface area contributed by atoms with Crippen LogP contribution in [0.4, 0.5) is 0 Å². The van der Waals surface area contributed by atoms with Crippen molar-refractivity contribution in [3.05, 3.63) is 42.2 Å². The molecule has 0 fully saturated rings.